The lowest BCUT2D eigenvalue weighted by Crippen LogP contribution is -2.22. The normalized spacial score (nSPS) is 13.9. The summed E-state index contributed by atoms with van der Waals surface area (Å²) in [7, 11) is 3.32. The third-order valence-corrected chi connectivity index (χ3v) is 14.1. The van der Waals surface area contributed by atoms with Crippen molar-refractivity contribution in [1.29, 1.82) is 0 Å². The van der Waals surface area contributed by atoms with Crippen LogP contribution in [0.3, 0.4) is 0 Å². The number of aryl methyl sites for hydroxylation is 3. The van der Waals surface area contributed by atoms with E-state index in [9.17, 15) is 14.4 Å². The van der Waals surface area contributed by atoms with Gasteiger partial charge >= 0.3 is 17.1 Å². The first kappa shape index (κ1) is 42.2. The van der Waals surface area contributed by atoms with Gasteiger partial charge in [-0.05, 0) is 38.1 Å². The summed E-state index contributed by atoms with van der Waals surface area (Å²) >= 11 is 27.0. The molecule has 0 atom stereocenters. The summed E-state index contributed by atoms with van der Waals surface area (Å²) < 4.78 is 29.2. The van der Waals surface area contributed by atoms with Gasteiger partial charge in [0.2, 0.25) is 0 Å². The van der Waals surface area contributed by atoms with E-state index in [1.165, 1.54) is 9.13 Å². The molecule has 70 heavy (non-hydrogen) atoms. The van der Waals surface area contributed by atoms with Gasteiger partial charge in [0.15, 0.2) is 46.0 Å². The minimum atomic E-state index is -0.250. The van der Waals surface area contributed by atoms with Gasteiger partial charge in [0.05, 0.1) is 44.5 Å². The number of anilines is 2. The van der Waals surface area contributed by atoms with E-state index in [0.717, 1.165) is 23.7 Å². The fourth-order valence-corrected chi connectivity index (χ4v) is 10.2. The Kier molecular flexibility index (Phi) is 8.89. The SMILES string of the molecule is C=C1Nc2cc3c(cc2N1CC)Oc1c(Cl)c2c(c(Cl)c1=N3)Oc1cc3c(cc1N=2)[nH]c(=O)n3CC.Cn1c(=O)[nH]c2cc3c(cc21)Oc1c(Cl)c2c(c(Cl)c1=N3)Oc1cc3c(cc1N=2)[nH]c(=O)n3C. The number of H-pyrrole nitrogens is 3. The van der Waals surface area contributed by atoms with Crippen LogP contribution in [0, 0.1) is 0 Å². The number of halogens is 4. The molecule has 6 aromatic carbocycles. The second kappa shape index (κ2) is 14.8. The summed E-state index contributed by atoms with van der Waals surface area (Å²) in [6, 6.07) is 14.2. The molecule has 0 spiro atoms. The molecule has 0 aliphatic carbocycles. The minimum Gasteiger partial charge on any atom is -0.451 e. The van der Waals surface area contributed by atoms with E-state index < -0.39 is 0 Å². The number of aromatic amines is 3. The number of imidazole rings is 3. The average molecular weight is 1020 g/mol. The lowest BCUT2D eigenvalue weighted by molar-refractivity contribution is 0.451. The molecule has 9 aromatic rings. The molecule has 4 N–H and O–H groups in total. The second-order valence-electron chi connectivity index (χ2n) is 16.6. The van der Waals surface area contributed by atoms with Crippen LogP contribution >= 0.6 is 46.4 Å². The summed E-state index contributed by atoms with van der Waals surface area (Å²) in [5.41, 5.74) is 7.13. The second-order valence-corrected chi connectivity index (χ2v) is 18.2. The molecular formula is C47H30Cl4N12O7. The van der Waals surface area contributed by atoms with Crippen molar-refractivity contribution >= 4 is 114 Å². The fourth-order valence-electron chi connectivity index (χ4n) is 9.20. The molecule has 348 valence electrons. The lowest BCUT2D eigenvalue weighted by Gasteiger charge is -2.22. The van der Waals surface area contributed by atoms with E-state index in [2.05, 4.69) is 36.8 Å². The topological polar surface area (TPSA) is 215 Å². The Morgan fingerprint density at radius 2 is 0.886 bits per heavy atom. The molecule has 19 nitrogen and oxygen atoms in total. The van der Waals surface area contributed by atoms with Crippen molar-refractivity contribution in [3.8, 4) is 46.0 Å². The number of fused-ring (bicyclic) bond motifs is 12. The quantitative estimate of drug-likeness (QED) is 0.130. The number of rotatable bonds is 2. The molecule has 0 saturated carbocycles. The molecule has 0 amide bonds. The monoisotopic (exact) mass is 1010 g/mol. The number of hydrogen-bond donors (Lipinski definition) is 4. The number of hydrogen-bond acceptors (Lipinski definition) is 13. The van der Waals surface area contributed by atoms with Crippen molar-refractivity contribution in [3.63, 3.8) is 0 Å². The van der Waals surface area contributed by atoms with Gasteiger partial charge in [-0.15, -0.1) is 0 Å². The molecule has 3 aromatic heterocycles. The molecule has 5 aliphatic rings. The predicted octanol–water partition coefficient (Wildman–Crippen LogP) is 8.96. The van der Waals surface area contributed by atoms with E-state index in [1.807, 2.05) is 30.9 Å². The summed E-state index contributed by atoms with van der Waals surface area (Å²) in [6.07, 6.45) is 0. The molecule has 5 aliphatic heterocycles. The molecule has 0 radical (unpaired) electrons. The van der Waals surface area contributed by atoms with Crippen molar-refractivity contribution in [2.24, 2.45) is 34.1 Å². The van der Waals surface area contributed by atoms with Crippen molar-refractivity contribution in [2.75, 3.05) is 16.8 Å². The van der Waals surface area contributed by atoms with Crippen LogP contribution in [0.5, 0.6) is 46.0 Å². The van der Waals surface area contributed by atoms with Gasteiger partial charge in [0.25, 0.3) is 0 Å². The van der Waals surface area contributed by atoms with Gasteiger partial charge in [-0.3, -0.25) is 13.7 Å². The van der Waals surface area contributed by atoms with Crippen molar-refractivity contribution in [2.45, 2.75) is 20.4 Å². The van der Waals surface area contributed by atoms with Crippen molar-refractivity contribution < 1.29 is 18.9 Å². The Balaban J connectivity index is 0.000000137. The van der Waals surface area contributed by atoms with E-state index >= 15 is 0 Å². The smallest absolute Gasteiger partial charge is 0.326 e. The summed E-state index contributed by atoms with van der Waals surface area (Å²) in [6.45, 7) is 9.29. The number of benzene rings is 6. The molecule has 0 bridgehead atoms. The first-order valence-electron chi connectivity index (χ1n) is 21.5. The maximum absolute atomic E-state index is 12.3. The third-order valence-electron chi connectivity index (χ3n) is 12.7. The summed E-state index contributed by atoms with van der Waals surface area (Å²) in [5.74, 6) is 3.72. The molecule has 0 unspecified atom stereocenters. The Morgan fingerprint density at radius 3 is 1.30 bits per heavy atom. The van der Waals surface area contributed by atoms with Crippen LogP contribution in [0.15, 0.2) is 95.3 Å². The molecule has 14 rings (SSSR count). The Bertz CT molecular complexity index is 4310. The van der Waals surface area contributed by atoms with Gasteiger partial charge in [-0.25, -0.2) is 34.4 Å². The van der Waals surface area contributed by atoms with Crippen LogP contribution in [0.1, 0.15) is 13.8 Å². The van der Waals surface area contributed by atoms with Gasteiger partial charge < -0.3 is 44.1 Å². The first-order valence-corrected chi connectivity index (χ1v) is 23.0. The molecule has 0 saturated heterocycles. The van der Waals surface area contributed by atoms with E-state index in [1.54, 1.807) is 55.1 Å². The van der Waals surface area contributed by atoms with Crippen LogP contribution in [-0.4, -0.2) is 35.2 Å². The Labute approximate surface area is 410 Å². The molecule has 23 heteroatoms. The van der Waals surface area contributed by atoms with E-state index in [-0.39, 0.29) is 54.4 Å². The number of nitrogens with one attached hydrogen (secondary N) is 4. The van der Waals surface area contributed by atoms with Crippen LogP contribution in [0.25, 0.3) is 33.1 Å². The van der Waals surface area contributed by atoms with Crippen LogP contribution < -0.4 is 67.7 Å². The minimum absolute atomic E-state index is 0.180. The number of nitrogens with zero attached hydrogens (tertiary/aromatic N) is 8. The van der Waals surface area contributed by atoms with E-state index in [0.29, 0.717) is 113 Å². The zero-order chi connectivity index (χ0) is 48.3. The third kappa shape index (κ3) is 5.92. The highest BCUT2D eigenvalue weighted by Gasteiger charge is 2.32. The van der Waals surface area contributed by atoms with Gasteiger partial charge in [-0.2, -0.15) is 0 Å². The van der Waals surface area contributed by atoms with Crippen molar-refractivity contribution in [1.82, 2.24) is 28.7 Å². The van der Waals surface area contributed by atoms with Gasteiger partial charge in [0, 0.05) is 51.5 Å². The average Bonchev–Trinajstić information content (AvgIpc) is 4.03. The fraction of sp³-hybridized carbons (Fsp3) is 0.128. The van der Waals surface area contributed by atoms with Crippen LogP contribution in [-0.2, 0) is 20.6 Å². The van der Waals surface area contributed by atoms with Crippen molar-refractivity contribution in [3.05, 3.63) is 134 Å². The molecule has 0 fully saturated rings. The standard InChI is InChI=1S/C25H18Cl2N6O3.C22H12Cl2N6O4/c1-4-32-10(3)28-11-6-13-17(8-15(11)32)35-23-20(27)22-24(19(26)21(23)29-13)36-18-9-16-12(7-14(18)30-22)31-25(34)33(16)5-2;1-29-11-5-13-9(3-7(11)27-21(29)31)25-17-16(24)20-18(15(23)19(17)33-13)26-10-4-8-12(6-14(10)34-20)30(2)22(32)28-8/h6-9,28H,3-5H2,1-2H3,(H,31,34);3-6H,1-2H3,(H,27,31)(H,28,32). The van der Waals surface area contributed by atoms with Crippen LogP contribution in [0.4, 0.5) is 34.1 Å². The Hall–Kier alpha value is -7.97. The maximum atomic E-state index is 12.3. The largest absolute Gasteiger partial charge is 0.451 e. The van der Waals surface area contributed by atoms with Gasteiger partial charge in [-0.1, -0.05) is 53.0 Å². The predicted molar refractivity (Wildman–Crippen MR) is 264 cm³/mol. The highest BCUT2D eigenvalue weighted by Crippen LogP contribution is 2.49. The Morgan fingerprint density at radius 1 is 0.514 bits per heavy atom. The number of aromatic nitrogens is 6. The molecule has 8 heterocycles. The van der Waals surface area contributed by atoms with E-state index in [4.69, 9.17) is 75.3 Å². The van der Waals surface area contributed by atoms with Crippen LogP contribution in [0.2, 0.25) is 20.1 Å². The zero-order valence-corrected chi connectivity index (χ0v) is 39.7. The highest BCUT2D eigenvalue weighted by atomic mass is 35.5. The number of ether oxygens (including phenoxy) is 4. The lowest BCUT2D eigenvalue weighted by atomic mass is 10.1. The summed E-state index contributed by atoms with van der Waals surface area (Å²) in [4.78, 5) is 65.5. The highest BCUT2D eigenvalue weighted by molar-refractivity contribution is 6.36. The van der Waals surface area contributed by atoms with Gasteiger partial charge in [0.1, 0.15) is 70.1 Å². The maximum Gasteiger partial charge on any atom is 0.326 e. The first-order chi connectivity index (χ1) is 33.7. The molecular weight excluding hydrogens is 986 g/mol. The summed E-state index contributed by atoms with van der Waals surface area (Å²) in [5, 5.41) is 5.40. The zero-order valence-electron chi connectivity index (χ0n) is 36.7.